The van der Waals surface area contributed by atoms with Gasteiger partial charge >= 0.3 is 6.01 Å². The number of nitrogens with zero attached hydrogens (tertiary/aromatic N) is 2. The summed E-state index contributed by atoms with van der Waals surface area (Å²) >= 11 is 0. The van der Waals surface area contributed by atoms with Crippen molar-refractivity contribution < 1.29 is 18.9 Å². The normalized spacial score (nSPS) is 15.3. The second-order valence-electron chi connectivity index (χ2n) is 9.95. The number of hydrogen-bond acceptors (Lipinski definition) is 6. The minimum Gasteiger partial charge on any atom is -0.455 e. The molecule has 1 aromatic heterocycles. The molecule has 0 bridgehead atoms. The van der Waals surface area contributed by atoms with E-state index < -0.39 is 0 Å². The van der Waals surface area contributed by atoms with Gasteiger partial charge in [0.1, 0.15) is 6.10 Å². The third kappa shape index (κ3) is 17.0. The first kappa shape index (κ1) is 30.0. The van der Waals surface area contributed by atoms with E-state index in [-0.39, 0.29) is 6.10 Å². The number of unbranched alkanes of at least 4 members (excludes halogenated alkanes) is 9. The van der Waals surface area contributed by atoms with E-state index >= 15 is 0 Å². The molecular formula is C29H52N2O4. The molecule has 0 N–H and O–H groups in total. The van der Waals surface area contributed by atoms with E-state index in [9.17, 15) is 0 Å². The maximum atomic E-state index is 5.88. The molecule has 2 rings (SSSR count). The van der Waals surface area contributed by atoms with Gasteiger partial charge in [-0.3, -0.25) is 0 Å². The van der Waals surface area contributed by atoms with Crippen molar-refractivity contribution in [2.24, 2.45) is 5.92 Å². The van der Waals surface area contributed by atoms with E-state index in [1.165, 1.54) is 96.3 Å². The molecule has 35 heavy (non-hydrogen) atoms. The van der Waals surface area contributed by atoms with E-state index in [0.717, 1.165) is 18.9 Å². The summed E-state index contributed by atoms with van der Waals surface area (Å²) in [5, 5.41) is 0. The van der Waals surface area contributed by atoms with Crippen LogP contribution in [0.4, 0.5) is 0 Å². The summed E-state index contributed by atoms with van der Waals surface area (Å²) in [7, 11) is 0. The highest BCUT2D eigenvalue weighted by Gasteiger charge is 2.14. The smallest absolute Gasteiger partial charge is 0.316 e. The topological polar surface area (TPSA) is 62.7 Å². The molecule has 1 unspecified atom stereocenters. The fourth-order valence-electron chi connectivity index (χ4n) is 4.83. The summed E-state index contributed by atoms with van der Waals surface area (Å²) < 4.78 is 22.7. The molecule has 0 saturated heterocycles. The van der Waals surface area contributed by atoms with Gasteiger partial charge in [-0.15, -0.1) is 0 Å². The van der Waals surface area contributed by atoms with Crippen molar-refractivity contribution in [3.8, 4) is 6.01 Å². The van der Waals surface area contributed by atoms with Gasteiger partial charge < -0.3 is 18.9 Å². The average Bonchev–Trinajstić information content (AvgIpc) is 2.89. The lowest BCUT2D eigenvalue weighted by Crippen LogP contribution is -2.30. The van der Waals surface area contributed by atoms with Crippen molar-refractivity contribution in [1.82, 2.24) is 9.97 Å². The summed E-state index contributed by atoms with van der Waals surface area (Å²) in [6, 6.07) is 2.13. The SMILES string of the molecule is CCOCCOCC(COCCCCCCCCCCCCC1CCCCC1)Oc1ncccn1. The van der Waals surface area contributed by atoms with E-state index in [1.807, 2.05) is 6.92 Å². The zero-order valence-electron chi connectivity index (χ0n) is 22.5. The molecule has 0 aliphatic heterocycles. The van der Waals surface area contributed by atoms with Crippen LogP contribution in [0.3, 0.4) is 0 Å². The lowest BCUT2D eigenvalue weighted by atomic mass is 9.85. The van der Waals surface area contributed by atoms with Crippen molar-refractivity contribution in [3.05, 3.63) is 18.5 Å². The maximum Gasteiger partial charge on any atom is 0.316 e. The van der Waals surface area contributed by atoms with Crippen molar-refractivity contribution in [3.63, 3.8) is 0 Å². The lowest BCUT2D eigenvalue weighted by Gasteiger charge is -2.21. The Labute approximate surface area is 214 Å². The van der Waals surface area contributed by atoms with Gasteiger partial charge in [-0.1, -0.05) is 96.3 Å². The molecule has 0 spiro atoms. The van der Waals surface area contributed by atoms with Crippen molar-refractivity contribution >= 4 is 0 Å². The summed E-state index contributed by atoms with van der Waals surface area (Å²) in [4.78, 5) is 8.28. The van der Waals surface area contributed by atoms with Crippen LogP contribution < -0.4 is 4.74 Å². The summed E-state index contributed by atoms with van der Waals surface area (Å²) in [5.41, 5.74) is 0. The van der Waals surface area contributed by atoms with Crippen molar-refractivity contribution in [2.75, 3.05) is 39.6 Å². The summed E-state index contributed by atoms with van der Waals surface area (Å²) in [6.07, 6.45) is 25.7. The van der Waals surface area contributed by atoms with Crippen LogP contribution in [-0.2, 0) is 14.2 Å². The van der Waals surface area contributed by atoms with Crippen LogP contribution in [0.2, 0.25) is 0 Å². The minimum atomic E-state index is -0.221. The molecule has 1 atom stereocenters. The average molecular weight is 493 g/mol. The molecule has 1 aromatic rings. The fourth-order valence-corrected chi connectivity index (χ4v) is 4.83. The third-order valence-electron chi connectivity index (χ3n) is 6.87. The van der Waals surface area contributed by atoms with E-state index in [1.54, 1.807) is 18.5 Å². The van der Waals surface area contributed by atoms with E-state index in [2.05, 4.69) is 9.97 Å². The van der Waals surface area contributed by atoms with Gasteiger partial charge in [-0.05, 0) is 25.3 Å². The van der Waals surface area contributed by atoms with Gasteiger partial charge in [-0.25, -0.2) is 9.97 Å². The summed E-state index contributed by atoms with van der Waals surface area (Å²) in [5.74, 6) is 1.06. The highest BCUT2D eigenvalue weighted by atomic mass is 16.6. The largest absolute Gasteiger partial charge is 0.455 e. The number of rotatable bonds is 23. The Morgan fingerprint density at radius 3 is 1.94 bits per heavy atom. The predicted octanol–water partition coefficient (Wildman–Crippen LogP) is 7.17. The first-order valence-corrected chi connectivity index (χ1v) is 14.6. The fraction of sp³-hybridized carbons (Fsp3) is 0.862. The van der Waals surface area contributed by atoms with Crippen LogP contribution in [0.25, 0.3) is 0 Å². The van der Waals surface area contributed by atoms with Crippen LogP contribution in [0.15, 0.2) is 18.5 Å². The van der Waals surface area contributed by atoms with Crippen LogP contribution >= 0.6 is 0 Å². The minimum absolute atomic E-state index is 0.221. The molecule has 1 aliphatic carbocycles. The van der Waals surface area contributed by atoms with Gasteiger partial charge in [0.15, 0.2) is 0 Å². The highest BCUT2D eigenvalue weighted by molar-refractivity contribution is 4.94. The molecule has 202 valence electrons. The molecule has 1 heterocycles. The highest BCUT2D eigenvalue weighted by Crippen LogP contribution is 2.28. The first-order valence-electron chi connectivity index (χ1n) is 14.6. The molecule has 0 radical (unpaired) electrons. The Hall–Kier alpha value is -1.24. The predicted molar refractivity (Wildman–Crippen MR) is 142 cm³/mol. The molecule has 1 fully saturated rings. The Balaban J connectivity index is 1.39. The number of hydrogen-bond donors (Lipinski definition) is 0. The molecular weight excluding hydrogens is 440 g/mol. The molecule has 6 heteroatoms. The molecule has 0 aromatic carbocycles. The molecule has 1 aliphatic rings. The van der Waals surface area contributed by atoms with Gasteiger partial charge in [-0.2, -0.15) is 0 Å². The quantitative estimate of drug-likeness (QED) is 0.151. The first-order chi connectivity index (χ1) is 17.4. The van der Waals surface area contributed by atoms with Crippen molar-refractivity contribution in [2.45, 2.75) is 116 Å². The Kier molecular flexibility index (Phi) is 18.8. The molecule has 1 saturated carbocycles. The molecule has 6 nitrogen and oxygen atoms in total. The Bertz CT molecular complexity index is 569. The van der Waals surface area contributed by atoms with Gasteiger partial charge in [0, 0.05) is 25.6 Å². The Morgan fingerprint density at radius 2 is 1.29 bits per heavy atom. The van der Waals surface area contributed by atoms with Crippen LogP contribution in [0, 0.1) is 5.92 Å². The summed E-state index contributed by atoms with van der Waals surface area (Å²) in [6.45, 7) is 5.49. The number of aromatic nitrogens is 2. The second-order valence-corrected chi connectivity index (χ2v) is 9.95. The second kappa shape index (κ2) is 22.0. The van der Waals surface area contributed by atoms with Crippen LogP contribution in [0.1, 0.15) is 110 Å². The van der Waals surface area contributed by atoms with Crippen LogP contribution in [-0.4, -0.2) is 55.7 Å². The standard InChI is InChI=1S/C29H52N2O4/c1-2-32-23-24-34-26-28(35-29-30-20-16-21-31-29)25-33-22-15-10-8-6-4-3-5-7-9-12-17-27-18-13-11-14-19-27/h16,20-21,27-28H,2-15,17-19,22-26H2,1H3. The van der Waals surface area contributed by atoms with Gasteiger partial charge in [0.05, 0.1) is 26.4 Å². The third-order valence-corrected chi connectivity index (χ3v) is 6.87. The van der Waals surface area contributed by atoms with Crippen LogP contribution in [0.5, 0.6) is 6.01 Å². The zero-order chi connectivity index (χ0) is 24.7. The van der Waals surface area contributed by atoms with Crippen molar-refractivity contribution in [1.29, 1.82) is 0 Å². The number of ether oxygens (including phenoxy) is 4. The maximum absolute atomic E-state index is 5.88. The Morgan fingerprint density at radius 1 is 0.714 bits per heavy atom. The van der Waals surface area contributed by atoms with Gasteiger partial charge in [0.2, 0.25) is 0 Å². The van der Waals surface area contributed by atoms with E-state index in [4.69, 9.17) is 18.9 Å². The van der Waals surface area contributed by atoms with Gasteiger partial charge in [0.25, 0.3) is 0 Å². The molecule has 0 amide bonds. The monoisotopic (exact) mass is 492 g/mol. The zero-order valence-corrected chi connectivity index (χ0v) is 22.5. The van der Waals surface area contributed by atoms with E-state index in [0.29, 0.717) is 39.0 Å². The lowest BCUT2D eigenvalue weighted by molar-refractivity contribution is -0.0242.